The molecule has 0 aromatic heterocycles. The van der Waals surface area contributed by atoms with Crippen LogP contribution in [0.5, 0.6) is 5.75 Å². The van der Waals surface area contributed by atoms with E-state index in [-0.39, 0.29) is 10.6 Å². The highest BCUT2D eigenvalue weighted by molar-refractivity contribution is 7.92. The van der Waals surface area contributed by atoms with Crippen LogP contribution in [-0.2, 0) is 16.6 Å². The van der Waals surface area contributed by atoms with Gasteiger partial charge in [0, 0.05) is 23.5 Å². The molecular formula is C19H19BN2O3S. The van der Waals surface area contributed by atoms with E-state index in [1.165, 1.54) is 0 Å². The van der Waals surface area contributed by atoms with E-state index in [0.29, 0.717) is 12.2 Å². The van der Waals surface area contributed by atoms with E-state index in [0.717, 1.165) is 16.7 Å². The maximum Gasteiger partial charge on any atom is 0.261 e. The standard InChI is InChI=1S/C19H19BN2O3S/c20-15-7-6-14(19(23)12-15)13-21-16-8-10-18(11-9-16)26(24,25)22-17-4-2-1-3-5-17/h1-12,21-23H,13,20H2. The van der Waals surface area contributed by atoms with Gasteiger partial charge in [-0.25, -0.2) is 8.42 Å². The van der Waals surface area contributed by atoms with Gasteiger partial charge in [0.05, 0.1) is 4.90 Å². The molecule has 0 atom stereocenters. The molecule has 0 aliphatic heterocycles. The van der Waals surface area contributed by atoms with E-state index in [2.05, 4.69) is 10.0 Å². The number of anilines is 2. The van der Waals surface area contributed by atoms with Gasteiger partial charge < -0.3 is 10.4 Å². The number of aromatic hydroxyl groups is 1. The Bertz CT molecular complexity index is 991. The highest BCUT2D eigenvalue weighted by Gasteiger charge is 2.13. The largest absolute Gasteiger partial charge is 0.508 e. The highest BCUT2D eigenvalue weighted by atomic mass is 32.2. The number of nitrogens with one attached hydrogen (secondary N) is 2. The minimum absolute atomic E-state index is 0.185. The summed E-state index contributed by atoms with van der Waals surface area (Å²) in [5.74, 6) is 0.240. The number of para-hydroxylation sites is 1. The molecule has 132 valence electrons. The molecule has 0 fully saturated rings. The lowest BCUT2D eigenvalue weighted by Crippen LogP contribution is -2.12. The predicted molar refractivity (Wildman–Crippen MR) is 107 cm³/mol. The van der Waals surface area contributed by atoms with E-state index in [1.54, 1.807) is 54.6 Å². The van der Waals surface area contributed by atoms with Gasteiger partial charge in [-0.15, -0.1) is 0 Å². The van der Waals surface area contributed by atoms with Crippen LogP contribution in [0.1, 0.15) is 5.56 Å². The van der Waals surface area contributed by atoms with Crippen molar-refractivity contribution in [2.45, 2.75) is 11.4 Å². The molecule has 3 aromatic rings. The van der Waals surface area contributed by atoms with Gasteiger partial charge in [0.25, 0.3) is 10.0 Å². The Morgan fingerprint density at radius 3 is 2.23 bits per heavy atom. The Morgan fingerprint density at radius 2 is 1.58 bits per heavy atom. The van der Waals surface area contributed by atoms with Gasteiger partial charge in [-0.05, 0) is 42.5 Å². The van der Waals surface area contributed by atoms with E-state index in [4.69, 9.17) is 0 Å². The summed E-state index contributed by atoms with van der Waals surface area (Å²) in [7, 11) is -1.71. The quantitative estimate of drug-likeness (QED) is 0.584. The van der Waals surface area contributed by atoms with Gasteiger partial charge in [0.15, 0.2) is 0 Å². The second-order valence-electron chi connectivity index (χ2n) is 5.98. The van der Waals surface area contributed by atoms with E-state index < -0.39 is 10.0 Å². The second-order valence-corrected chi connectivity index (χ2v) is 7.66. The summed E-state index contributed by atoms with van der Waals surface area (Å²) < 4.78 is 27.4. The topological polar surface area (TPSA) is 78.4 Å². The Labute approximate surface area is 154 Å². The second kappa shape index (κ2) is 7.53. The summed E-state index contributed by atoms with van der Waals surface area (Å²) >= 11 is 0. The molecule has 7 heteroatoms. The number of benzene rings is 3. The van der Waals surface area contributed by atoms with Crippen LogP contribution in [0, 0.1) is 0 Å². The Hall–Kier alpha value is -2.93. The average molecular weight is 366 g/mol. The first-order chi connectivity index (χ1) is 12.4. The van der Waals surface area contributed by atoms with Crippen LogP contribution < -0.4 is 15.5 Å². The molecule has 0 radical (unpaired) electrons. The predicted octanol–water partition coefficient (Wildman–Crippen LogP) is 2.06. The monoisotopic (exact) mass is 366 g/mol. The molecule has 3 N–H and O–H groups in total. The van der Waals surface area contributed by atoms with Gasteiger partial charge in [-0.1, -0.05) is 35.8 Å². The number of hydrogen-bond acceptors (Lipinski definition) is 4. The lowest BCUT2D eigenvalue weighted by Gasteiger charge is -2.11. The first-order valence-corrected chi connectivity index (χ1v) is 9.63. The van der Waals surface area contributed by atoms with Crippen LogP contribution >= 0.6 is 0 Å². The molecule has 0 bridgehead atoms. The van der Waals surface area contributed by atoms with Gasteiger partial charge in [-0.3, -0.25) is 4.72 Å². The van der Waals surface area contributed by atoms with E-state index in [9.17, 15) is 13.5 Å². The smallest absolute Gasteiger partial charge is 0.261 e. The highest BCUT2D eigenvalue weighted by Crippen LogP contribution is 2.20. The van der Waals surface area contributed by atoms with Gasteiger partial charge in [0.1, 0.15) is 13.6 Å². The van der Waals surface area contributed by atoms with Crippen molar-refractivity contribution in [3.8, 4) is 5.75 Å². The molecule has 0 spiro atoms. The molecule has 5 nitrogen and oxygen atoms in total. The fourth-order valence-corrected chi connectivity index (χ4v) is 3.55. The maximum atomic E-state index is 12.4. The normalized spacial score (nSPS) is 11.1. The van der Waals surface area contributed by atoms with Crippen LogP contribution in [0.2, 0.25) is 0 Å². The lowest BCUT2D eigenvalue weighted by molar-refractivity contribution is 0.469. The van der Waals surface area contributed by atoms with E-state index in [1.807, 2.05) is 26.0 Å². The summed E-state index contributed by atoms with van der Waals surface area (Å²) in [4.78, 5) is 0.185. The van der Waals surface area contributed by atoms with Crippen molar-refractivity contribution in [1.82, 2.24) is 0 Å². The van der Waals surface area contributed by atoms with Crippen LogP contribution in [0.4, 0.5) is 11.4 Å². The Balaban J connectivity index is 1.68. The average Bonchev–Trinajstić information content (AvgIpc) is 2.62. The first kappa shape index (κ1) is 17.9. The van der Waals surface area contributed by atoms with Crippen molar-refractivity contribution in [3.63, 3.8) is 0 Å². The number of sulfonamides is 1. The minimum atomic E-state index is -3.63. The van der Waals surface area contributed by atoms with Crippen molar-refractivity contribution < 1.29 is 13.5 Å². The summed E-state index contributed by atoms with van der Waals surface area (Å²) in [5.41, 5.74) is 3.05. The summed E-state index contributed by atoms with van der Waals surface area (Å²) in [6, 6.07) is 20.7. The fourth-order valence-electron chi connectivity index (χ4n) is 2.49. The van der Waals surface area contributed by atoms with Crippen LogP contribution in [0.3, 0.4) is 0 Å². The fraction of sp³-hybridized carbons (Fsp3) is 0.0526. The zero-order chi connectivity index (χ0) is 18.6. The first-order valence-electron chi connectivity index (χ1n) is 8.14. The molecule has 0 aliphatic carbocycles. The van der Waals surface area contributed by atoms with Gasteiger partial charge >= 0.3 is 0 Å². The van der Waals surface area contributed by atoms with Crippen molar-refractivity contribution in [2.75, 3.05) is 10.0 Å². The molecule has 0 aliphatic rings. The number of phenolic OH excluding ortho intramolecular Hbond substituents is 1. The van der Waals surface area contributed by atoms with Crippen molar-refractivity contribution in [1.29, 1.82) is 0 Å². The Morgan fingerprint density at radius 1 is 0.885 bits per heavy atom. The third kappa shape index (κ3) is 4.37. The molecule has 0 amide bonds. The minimum Gasteiger partial charge on any atom is -0.508 e. The molecule has 3 rings (SSSR count). The summed E-state index contributed by atoms with van der Waals surface area (Å²) in [6.07, 6.45) is 0. The molecule has 0 saturated carbocycles. The van der Waals surface area contributed by atoms with Gasteiger partial charge in [0.2, 0.25) is 0 Å². The summed E-state index contributed by atoms with van der Waals surface area (Å²) in [6.45, 7) is 0.445. The Kier molecular flexibility index (Phi) is 5.18. The number of rotatable bonds is 6. The zero-order valence-electron chi connectivity index (χ0n) is 14.3. The molecule has 0 saturated heterocycles. The SMILES string of the molecule is Bc1ccc(CNc2ccc(S(=O)(=O)Nc3ccccc3)cc2)c(O)c1. The van der Waals surface area contributed by atoms with Crippen LogP contribution in [0.25, 0.3) is 0 Å². The van der Waals surface area contributed by atoms with Gasteiger partial charge in [-0.2, -0.15) is 0 Å². The van der Waals surface area contributed by atoms with Crippen molar-refractivity contribution in [3.05, 3.63) is 78.4 Å². The van der Waals surface area contributed by atoms with Crippen molar-refractivity contribution in [2.24, 2.45) is 0 Å². The van der Waals surface area contributed by atoms with Crippen LogP contribution in [-0.4, -0.2) is 21.4 Å². The third-order valence-corrected chi connectivity index (χ3v) is 5.31. The maximum absolute atomic E-state index is 12.4. The molecule has 3 aromatic carbocycles. The molecular weight excluding hydrogens is 347 g/mol. The zero-order valence-corrected chi connectivity index (χ0v) is 15.1. The molecule has 26 heavy (non-hydrogen) atoms. The number of hydrogen-bond donors (Lipinski definition) is 3. The molecule has 0 heterocycles. The lowest BCUT2D eigenvalue weighted by atomic mass is 9.94. The van der Waals surface area contributed by atoms with Crippen molar-refractivity contribution >= 4 is 34.7 Å². The summed E-state index contributed by atoms with van der Waals surface area (Å²) in [5, 5.41) is 13.1. The van der Waals surface area contributed by atoms with E-state index >= 15 is 0 Å². The molecule has 0 unspecified atom stereocenters. The number of phenols is 1. The van der Waals surface area contributed by atoms with Crippen LogP contribution in [0.15, 0.2) is 77.7 Å². The third-order valence-electron chi connectivity index (χ3n) is 3.91.